The van der Waals surface area contributed by atoms with Crippen LogP contribution in [0.15, 0.2) is 17.1 Å². The number of benzene rings is 1. The molecule has 0 saturated heterocycles. The third kappa shape index (κ3) is 2.54. The van der Waals surface area contributed by atoms with Crippen LogP contribution >= 0.6 is 0 Å². The van der Waals surface area contributed by atoms with Crippen molar-refractivity contribution in [3.63, 3.8) is 0 Å². The lowest BCUT2D eigenvalue weighted by molar-refractivity contribution is 0.371. The topological polar surface area (TPSA) is 47.9 Å². The number of methoxy groups -OCH3 is 2. The lowest BCUT2D eigenvalue weighted by Gasteiger charge is -2.09. The van der Waals surface area contributed by atoms with E-state index >= 15 is 0 Å². The average molecular weight is 211 g/mol. The van der Waals surface area contributed by atoms with Gasteiger partial charge in [-0.25, -0.2) is 14.2 Å². The first-order valence-corrected chi connectivity index (χ1v) is 4.17. The molecule has 5 heteroatoms. The molecule has 1 aromatic carbocycles. The van der Waals surface area contributed by atoms with Gasteiger partial charge >= 0.3 is 0 Å². The molecule has 0 spiro atoms. The lowest BCUT2D eigenvalue weighted by Crippen LogP contribution is -1.95. The summed E-state index contributed by atoms with van der Waals surface area (Å²) in [6.07, 6.45) is 1.38. The van der Waals surface area contributed by atoms with Crippen molar-refractivity contribution < 1.29 is 18.7 Å². The number of hydrogen-bond acceptors (Lipinski definition) is 4. The van der Waals surface area contributed by atoms with Gasteiger partial charge in [-0.05, 0) is 6.07 Å². The quantitative estimate of drug-likeness (QED) is 0.562. The molecule has 80 valence electrons. The van der Waals surface area contributed by atoms with Gasteiger partial charge in [0.05, 0.1) is 20.8 Å². The molecule has 0 aromatic heterocycles. The summed E-state index contributed by atoms with van der Waals surface area (Å²) in [6.45, 7) is 0.0353. The summed E-state index contributed by atoms with van der Waals surface area (Å²) in [5, 5.41) is 0. The Labute approximate surface area is 86.3 Å². The number of carbonyl (C=O) groups excluding carboxylic acids is 1. The first-order chi connectivity index (χ1) is 7.22. The van der Waals surface area contributed by atoms with Crippen LogP contribution < -0.4 is 9.47 Å². The molecule has 0 aliphatic heterocycles. The zero-order valence-electron chi connectivity index (χ0n) is 8.41. The van der Waals surface area contributed by atoms with Crippen molar-refractivity contribution in [2.75, 3.05) is 14.2 Å². The minimum atomic E-state index is -0.519. The van der Waals surface area contributed by atoms with E-state index in [0.717, 1.165) is 0 Å². The maximum absolute atomic E-state index is 13.3. The zero-order valence-corrected chi connectivity index (χ0v) is 8.41. The first-order valence-electron chi connectivity index (χ1n) is 4.17. The van der Waals surface area contributed by atoms with Crippen molar-refractivity contribution in [3.8, 4) is 11.5 Å². The van der Waals surface area contributed by atoms with E-state index in [9.17, 15) is 9.18 Å². The average Bonchev–Trinajstić information content (AvgIpc) is 2.26. The Morgan fingerprint density at radius 1 is 1.33 bits per heavy atom. The van der Waals surface area contributed by atoms with E-state index in [1.807, 2.05) is 0 Å². The summed E-state index contributed by atoms with van der Waals surface area (Å²) >= 11 is 0. The van der Waals surface area contributed by atoms with Crippen molar-refractivity contribution in [1.29, 1.82) is 0 Å². The number of ether oxygens (including phenoxy) is 2. The molecule has 0 N–H and O–H groups in total. The molecule has 0 saturated carbocycles. The predicted molar refractivity (Wildman–Crippen MR) is 51.3 cm³/mol. The van der Waals surface area contributed by atoms with Gasteiger partial charge in [-0.2, -0.15) is 0 Å². The fourth-order valence-corrected chi connectivity index (χ4v) is 1.16. The molecular weight excluding hydrogens is 201 g/mol. The minimum absolute atomic E-state index is 0.0353. The Morgan fingerprint density at radius 3 is 2.53 bits per heavy atom. The highest BCUT2D eigenvalue weighted by molar-refractivity contribution is 5.43. The van der Waals surface area contributed by atoms with Gasteiger partial charge in [0.1, 0.15) is 5.75 Å². The largest absolute Gasteiger partial charge is 0.496 e. The van der Waals surface area contributed by atoms with Crippen molar-refractivity contribution in [2.24, 2.45) is 4.99 Å². The van der Waals surface area contributed by atoms with Gasteiger partial charge in [-0.15, -0.1) is 0 Å². The number of isocyanates is 1. The van der Waals surface area contributed by atoms with E-state index in [2.05, 4.69) is 4.99 Å². The van der Waals surface area contributed by atoms with Gasteiger partial charge in [0.25, 0.3) is 0 Å². The molecule has 1 aromatic rings. The first kappa shape index (κ1) is 11.2. The molecule has 0 atom stereocenters. The SMILES string of the molecule is COc1cc(OC)c(CN=C=O)cc1F. The van der Waals surface area contributed by atoms with Crippen LogP contribution in [0.3, 0.4) is 0 Å². The lowest BCUT2D eigenvalue weighted by atomic mass is 10.2. The Balaban J connectivity index is 3.14. The van der Waals surface area contributed by atoms with Gasteiger partial charge in [0, 0.05) is 11.6 Å². The van der Waals surface area contributed by atoms with Crippen molar-refractivity contribution in [2.45, 2.75) is 6.54 Å². The zero-order chi connectivity index (χ0) is 11.3. The van der Waals surface area contributed by atoms with Crippen LogP contribution in [0.4, 0.5) is 4.39 Å². The summed E-state index contributed by atoms with van der Waals surface area (Å²) in [4.78, 5) is 13.3. The van der Waals surface area contributed by atoms with Gasteiger partial charge in [0.15, 0.2) is 11.6 Å². The Kier molecular flexibility index (Phi) is 3.83. The fourth-order valence-electron chi connectivity index (χ4n) is 1.16. The predicted octanol–water partition coefficient (Wildman–Crippen LogP) is 1.68. The normalized spacial score (nSPS) is 9.27. The standard InChI is InChI=1S/C10H10FNO3/c1-14-9-4-10(15-2)8(11)3-7(9)5-12-6-13/h3-4H,5H2,1-2H3. The number of rotatable bonds is 4. The molecular formula is C10H10FNO3. The minimum Gasteiger partial charge on any atom is -0.496 e. The van der Waals surface area contributed by atoms with Gasteiger partial charge in [-0.3, -0.25) is 0 Å². The van der Waals surface area contributed by atoms with Crippen LogP contribution in [-0.4, -0.2) is 20.3 Å². The summed E-state index contributed by atoms with van der Waals surface area (Å²) in [7, 11) is 2.81. The van der Waals surface area contributed by atoms with E-state index in [4.69, 9.17) is 9.47 Å². The van der Waals surface area contributed by atoms with E-state index in [1.165, 1.54) is 32.4 Å². The molecule has 4 nitrogen and oxygen atoms in total. The summed E-state index contributed by atoms with van der Waals surface area (Å²) < 4.78 is 23.1. The Hall–Kier alpha value is -1.87. The number of aliphatic imine (C=N–C) groups is 1. The van der Waals surface area contributed by atoms with Crippen LogP contribution in [0.1, 0.15) is 5.56 Å². The van der Waals surface area contributed by atoms with Crippen LogP contribution in [0.25, 0.3) is 0 Å². The van der Waals surface area contributed by atoms with Gasteiger partial charge < -0.3 is 9.47 Å². The molecule has 0 heterocycles. The number of nitrogens with zero attached hydrogens (tertiary/aromatic N) is 1. The highest BCUT2D eigenvalue weighted by Crippen LogP contribution is 2.28. The summed E-state index contributed by atoms with van der Waals surface area (Å²) in [5.74, 6) is -0.00710. The van der Waals surface area contributed by atoms with Gasteiger partial charge in [-0.1, -0.05) is 0 Å². The summed E-state index contributed by atoms with van der Waals surface area (Å²) in [5.41, 5.74) is 0.471. The van der Waals surface area contributed by atoms with Gasteiger partial charge in [0.2, 0.25) is 6.08 Å². The molecule has 0 bridgehead atoms. The molecule has 0 aliphatic rings. The second kappa shape index (κ2) is 5.12. The summed E-state index contributed by atoms with van der Waals surface area (Å²) in [6, 6.07) is 2.63. The monoisotopic (exact) mass is 211 g/mol. The molecule has 0 aliphatic carbocycles. The van der Waals surface area contributed by atoms with E-state index < -0.39 is 5.82 Å². The molecule has 0 unspecified atom stereocenters. The van der Waals surface area contributed by atoms with Crippen LogP contribution in [-0.2, 0) is 11.3 Å². The molecule has 1 rings (SSSR count). The van der Waals surface area contributed by atoms with E-state index in [-0.39, 0.29) is 12.3 Å². The molecule has 0 amide bonds. The molecule has 0 radical (unpaired) electrons. The Morgan fingerprint density at radius 2 is 2.00 bits per heavy atom. The van der Waals surface area contributed by atoms with Crippen LogP contribution in [0.2, 0.25) is 0 Å². The Bertz CT molecular complexity index is 400. The second-order valence-electron chi connectivity index (χ2n) is 2.71. The third-order valence-electron chi connectivity index (χ3n) is 1.87. The number of halogens is 1. The molecule has 0 fully saturated rings. The van der Waals surface area contributed by atoms with Crippen LogP contribution in [0.5, 0.6) is 11.5 Å². The molecule has 15 heavy (non-hydrogen) atoms. The fraction of sp³-hybridized carbons (Fsp3) is 0.300. The smallest absolute Gasteiger partial charge is 0.235 e. The van der Waals surface area contributed by atoms with E-state index in [1.54, 1.807) is 0 Å². The van der Waals surface area contributed by atoms with Crippen molar-refractivity contribution >= 4 is 6.08 Å². The second-order valence-corrected chi connectivity index (χ2v) is 2.71. The van der Waals surface area contributed by atoms with Crippen molar-refractivity contribution in [1.82, 2.24) is 0 Å². The van der Waals surface area contributed by atoms with E-state index in [0.29, 0.717) is 11.3 Å². The highest BCUT2D eigenvalue weighted by Gasteiger charge is 2.10. The van der Waals surface area contributed by atoms with Crippen molar-refractivity contribution in [3.05, 3.63) is 23.5 Å². The maximum atomic E-state index is 13.3. The van der Waals surface area contributed by atoms with Crippen LogP contribution in [0, 0.1) is 5.82 Å². The number of hydrogen-bond donors (Lipinski definition) is 0. The third-order valence-corrected chi connectivity index (χ3v) is 1.87. The maximum Gasteiger partial charge on any atom is 0.235 e. The highest BCUT2D eigenvalue weighted by atomic mass is 19.1.